The van der Waals surface area contributed by atoms with E-state index in [0.717, 1.165) is 49.1 Å². The second-order valence-electron chi connectivity index (χ2n) is 8.64. The van der Waals surface area contributed by atoms with Gasteiger partial charge in [-0.1, -0.05) is 6.07 Å². The van der Waals surface area contributed by atoms with Crippen molar-refractivity contribution in [2.24, 2.45) is 17.8 Å². The Morgan fingerprint density at radius 3 is 2.76 bits per heavy atom. The molecule has 4 aliphatic carbocycles. The molecule has 2 amide bonds. The summed E-state index contributed by atoms with van der Waals surface area (Å²) >= 11 is 0. The van der Waals surface area contributed by atoms with Crippen LogP contribution in [-0.4, -0.2) is 35.9 Å². The summed E-state index contributed by atoms with van der Waals surface area (Å²) < 4.78 is 5.70. The van der Waals surface area contributed by atoms with Gasteiger partial charge in [0.25, 0.3) is 0 Å². The number of fused-ring (bicyclic) bond motifs is 1. The van der Waals surface area contributed by atoms with Gasteiger partial charge in [0.2, 0.25) is 0 Å². The highest BCUT2D eigenvalue weighted by molar-refractivity contribution is 5.94. The van der Waals surface area contributed by atoms with E-state index >= 15 is 0 Å². The molecule has 1 aromatic carbocycles. The minimum atomic E-state index is -0.458. The maximum atomic E-state index is 13.0. The number of aliphatic hydroxyl groups is 1. The topological polar surface area (TPSA) is 61.8 Å². The Labute approximate surface area is 148 Å². The predicted molar refractivity (Wildman–Crippen MR) is 94.8 cm³/mol. The molecule has 0 aromatic heterocycles. The highest BCUT2D eigenvalue weighted by atomic mass is 16.5. The third-order valence-electron chi connectivity index (χ3n) is 6.75. The molecule has 4 bridgehead atoms. The van der Waals surface area contributed by atoms with E-state index in [1.54, 1.807) is 0 Å². The Morgan fingerprint density at radius 2 is 2.04 bits per heavy atom. The van der Waals surface area contributed by atoms with Gasteiger partial charge in [0.1, 0.15) is 12.4 Å². The van der Waals surface area contributed by atoms with E-state index in [9.17, 15) is 9.90 Å². The first kappa shape index (κ1) is 15.5. The maximum absolute atomic E-state index is 13.0. The minimum Gasteiger partial charge on any atom is -0.490 e. The molecule has 2 atom stereocenters. The van der Waals surface area contributed by atoms with Gasteiger partial charge in [-0.25, -0.2) is 4.79 Å². The zero-order valence-corrected chi connectivity index (χ0v) is 14.7. The smallest absolute Gasteiger partial charge is 0.322 e. The van der Waals surface area contributed by atoms with E-state index in [1.165, 1.54) is 0 Å². The molecule has 0 spiro atoms. The zero-order valence-electron chi connectivity index (χ0n) is 14.7. The molecule has 1 aliphatic heterocycles. The lowest BCUT2D eigenvalue weighted by Gasteiger charge is -2.58. The standard InChI is InChI=1S/C20H26N2O3/c1-12-2-3-17-16(6-12)22(4-5-25-17)19(23)21-18-14-7-13-8-15(18)11-20(24,9-13)10-14/h2-3,6,13-15,18,24H,4-5,7-11H2,1H3,(H,21,23)/t13?,14?,15?,18-,20-. The van der Waals surface area contributed by atoms with Gasteiger partial charge in [-0.05, 0) is 74.5 Å². The second kappa shape index (κ2) is 5.37. The van der Waals surface area contributed by atoms with Crippen molar-refractivity contribution in [3.8, 4) is 5.75 Å². The number of nitrogens with zero attached hydrogens (tertiary/aromatic N) is 1. The first-order chi connectivity index (χ1) is 12.0. The van der Waals surface area contributed by atoms with E-state index in [1.807, 2.05) is 30.0 Å². The molecule has 1 aromatic rings. The van der Waals surface area contributed by atoms with Crippen LogP contribution in [0.5, 0.6) is 5.75 Å². The van der Waals surface area contributed by atoms with Crippen LogP contribution in [0.4, 0.5) is 10.5 Å². The average Bonchev–Trinajstić information content (AvgIpc) is 2.56. The van der Waals surface area contributed by atoms with Crippen molar-refractivity contribution in [2.45, 2.75) is 50.7 Å². The van der Waals surface area contributed by atoms with Gasteiger partial charge in [-0.3, -0.25) is 4.90 Å². The Bertz CT molecular complexity index is 703. The molecule has 2 N–H and O–H groups in total. The number of nitrogens with one attached hydrogen (secondary N) is 1. The minimum absolute atomic E-state index is 0.0142. The maximum Gasteiger partial charge on any atom is 0.322 e. The van der Waals surface area contributed by atoms with Crippen LogP contribution in [-0.2, 0) is 0 Å². The number of hydrogen-bond donors (Lipinski definition) is 2. The number of carbonyl (C=O) groups excluding carboxylic acids is 1. The van der Waals surface area contributed by atoms with Crippen molar-refractivity contribution in [1.29, 1.82) is 0 Å². The lowest BCUT2D eigenvalue weighted by molar-refractivity contribution is -0.136. The van der Waals surface area contributed by atoms with Crippen molar-refractivity contribution >= 4 is 11.7 Å². The van der Waals surface area contributed by atoms with E-state index < -0.39 is 5.60 Å². The first-order valence-corrected chi connectivity index (χ1v) is 9.55. The number of aryl methyl sites for hydroxylation is 1. The second-order valence-corrected chi connectivity index (χ2v) is 8.64. The molecule has 134 valence electrons. The molecule has 5 nitrogen and oxygen atoms in total. The summed E-state index contributed by atoms with van der Waals surface area (Å²) in [6, 6.07) is 6.18. The molecule has 5 aliphatic rings. The summed E-state index contributed by atoms with van der Waals surface area (Å²) in [6.45, 7) is 3.14. The lowest BCUT2D eigenvalue weighted by Crippen LogP contribution is -2.63. The third-order valence-corrected chi connectivity index (χ3v) is 6.75. The van der Waals surface area contributed by atoms with Gasteiger partial charge < -0.3 is 15.2 Å². The summed E-state index contributed by atoms with van der Waals surface area (Å²) in [5, 5.41) is 14.1. The van der Waals surface area contributed by atoms with E-state index in [2.05, 4.69) is 5.32 Å². The van der Waals surface area contributed by atoms with Crippen LogP contribution in [0.25, 0.3) is 0 Å². The quantitative estimate of drug-likeness (QED) is 0.825. The Kier molecular flexibility index (Phi) is 3.33. The number of ether oxygens (including phenoxy) is 1. The predicted octanol–water partition coefficient (Wildman–Crippen LogP) is 2.84. The van der Waals surface area contributed by atoms with Gasteiger partial charge in [-0.2, -0.15) is 0 Å². The van der Waals surface area contributed by atoms with Crippen molar-refractivity contribution in [2.75, 3.05) is 18.1 Å². The fourth-order valence-electron chi connectivity index (χ4n) is 5.98. The molecule has 4 fully saturated rings. The molecule has 6 rings (SSSR count). The van der Waals surface area contributed by atoms with Crippen molar-refractivity contribution < 1.29 is 14.6 Å². The fourth-order valence-corrected chi connectivity index (χ4v) is 5.98. The van der Waals surface area contributed by atoms with E-state index in [0.29, 0.717) is 30.9 Å². The monoisotopic (exact) mass is 342 g/mol. The molecule has 0 radical (unpaired) electrons. The number of benzene rings is 1. The number of rotatable bonds is 1. The molecule has 2 unspecified atom stereocenters. The summed E-state index contributed by atoms with van der Waals surface area (Å²) in [7, 11) is 0. The molecule has 1 heterocycles. The number of carbonyl (C=O) groups is 1. The largest absolute Gasteiger partial charge is 0.490 e. The van der Waals surface area contributed by atoms with E-state index in [-0.39, 0.29) is 12.1 Å². The molecular weight excluding hydrogens is 316 g/mol. The average molecular weight is 342 g/mol. The van der Waals surface area contributed by atoms with Gasteiger partial charge >= 0.3 is 6.03 Å². The highest BCUT2D eigenvalue weighted by Crippen LogP contribution is 2.55. The van der Waals surface area contributed by atoms with Crippen LogP contribution in [0.2, 0.25) is 0 Å². The number of urea groups is 1. The van der Waals surface area contributed by atoms with Crippen LogP contribution in [0.1, 0.15) is 37.7 Å². The zero-order chi connectivity index (χ0) is 17.2. The summed E-state index contributed by atoms with van der Waals surface area (Å²) in [5.74, 6) is 2.30. The van der Waals surface area contributed by atoms with Crippen LogP contribution < -0.4 is 15.0 Å². The van der Waals surface area contributed by atoms with Gasteiger partial charge in [-0.15, -0.1) is 0 Å². The summed E-state index contributed by atoms with van der Waals surface area (Å²) in [4.78, 5) is 14.9. The Hall–Kier alpha value is -1.75. The van der Waals surface area contributed by atoms with Crippen LogP contribution in [0, 0.1) is 24.7 Å². The van der Waals surface area contributed by atoms with Crippen LogP contribution in [0.3, 0.4) is 0 Å². The number of hydrogen-bond acceptors (Lipinski definition) is 3. The third kappa shape index (κ3) is 2.51. The molecular formula is C20H26N2O3. The summed E-state index contributed by atoms with van der Waals surface area (Å²) in [5.41, 5.74) is 1.53. The van der Waals surface area contributed by atoms with Crippen molar-refractivity contribution in [1.82, 2.24) is 5.32 Å². The molecule has 25 heavy (non-hydrogen) atoms. The fraction of sp³-hybridized carbons (Fsp3) is 0.650. The Balaban J connectivity index is 1.36. The molecule has 5 heteroatoms. The number of anilines is 1. The lowest BCUT2D eigenvalue weighted by atomic mass is 9.52. The van der Waals surface area contributed by atoms with Crippen LogP contribution >= 0.6 is 0 Å². The molecule has 4 saturated carbocycles. The van der Waals surface area contributed by atoms with Gasteiger partial charge in [0.15, 0.2) is 0 Å². The normalized spacial score (nSPS) is 38.2. The SMILES string of the molecule is Cc1ccc2c(c1)N(C(=O)N[C@H]1C3CC4CC1C[C@](O)(C4)C3)CCO2. The Morgan fingerprint density at radius 1 is 1.28 bits per heavy atom. The van der Waals surface area contributed by atoms with Gasteiger partial charge in [0.05, 0.1) is 17.8 Å². The highest BCUT2D eigenvalue weighted by Gasteiger charge is 2.55. The van der Waals surface area contributed by atoms with Crippen LogP contribution in [0.15, 0.2) is 18.2 Å². The van der Waals surface area contributed by atoms with Gasteiger partial charge in [0, 0.05) is 6.04 Å². The molecule has 0 saturated heterocycles. The number of amides is 2. The van der Waals surface area contributed by atoms with E-state index in [4.69, 9.17) is 4.74 Å². The van der Waals surface area contributed by atoms with Crippen molar-refractivity contribution in [3.63, 3.8) is 0 Å². The summed E-state index contributed by atoms with van der Waals surface area (Å²) in [6.07, 6.45) is 4.98. The van der Waals surface area contributed by atoms with Crippen molar-refractivity contribution in [3.05, 3.63) is 23.8 Å². The first-order valence-electron chi connectivity index (χ1n) is 9.55.